The van der Waals surface area contributed by atoms with Crippen LogP contribution in [0.25, 0.3) is 0 Å². The molecule has 0 N–H and O–H groups in total. The summed E-state index contributed by atoms with van der Waals surface area (Å²) in [4.78, 5) is 11.9. The lowest BCUT2D eigenvalue weighted by molar-refractivity contribution is -0.143. The van der Waals surface area contributed by atoms with E-state index in [1.807, 2.05) is 0 Å². The van der Waals surface area contributed by atoms with Crippen LogP contribution in [0.15, 0.2) is 0 Å². The van der Waals surface area contributed by atoms with E-state index in [-0.39, 0.29) is 11.9 Å². The fourth-order valence-electron chi connectivity index (χ4n) is 6.85. The Balaban J connectivity index is 1.48. The highest BCUT2D eigenvalue weighted by Gasteiger charge is 2.76. The van der Waals surface area contributed by atoms with E-state index < -0.39 is 0 Å². The fraction of sp³-hybridized carbons (Fsp3) is 0.929. The first kappa shape index (κ1) is 8.52. The minimum Gasteiger partial charge on any atom is -0.465 e. The second-order valence-electron chi connectivity index (χ2n) is 7.17. The van der Waals surface area contributed by atoms with Crippen LogP contribution in [0.5, 0.6) is 0 Å². The van der Waals surface area contributed by atoms with Crippen LogP contribution in [0.4, 0.5) is 0 Å². The Morgan fingerprint density at radius 3 is 2.41 bits per heavy atom. The van der Waals surface area contributed by atoms with Crippen molar-refractivity contribution in [2.75, 3.05) is 6.61 Å². The van der Waals surface area contributed by atoms with Gasteiger partial charge in [-0.3, -0.25) is 4.79 Å². The summed E-state index contributed by atoms with van der Waals surface area (Å²) in [6.45, 7) is 0.722. The van der Waals surface area contributed by atoms with E-state index in [1.54, 1.807) is 0 Å². The molecule has 6 rings (SSSR count). The Kier molecular flexibility index (Phi) is 1.15. The van der Waals surface area contributed by atoms with Gasteiger partial charge in [0, 0.05) is 5.92 Å². The smallest absolute Gasteiger partial charge is 0.309 e. The summed E-state index contributed by atoms with van der Waals surface area (Å²) in [5, 5.41) is 0. The van der Waals surface area contributed by atoms with Gasteiger partial charge in [-0.25, -0.2) is 0 Å². The van der Waals surface area contributed by atoms with Crippen molar-refractivity contribution in [3.63, 3.8) is 0 Å². The second-order valence-corrected chi connectivity index (χ2v) is 7.17. The average Bonchev–Trinajstić information content (AvgIpc) is 2.78. The summed E-state index contributed by atoms with van der Waals surface area (Å²) in [5.41, 5.74) is 0. The maximum absolute atomic E-state index is 11.9. The van der Waals surface area contributed by atoms with Crippen molar-refractivity contribution < 1.29 is 14.3 Å². The lowest BCUT2D eigenvalue weighted by atomic mass is 9.64. The number of epoxide rings is 1. The number of rotatable bonds is 0. The topological polar surface area (TPSA) is 38.8 Å². The monoisotopic (exact) mass is 232 g/mol. The highest BCUT2D eigenvalue weighted by atomic mass is 16.6. The summed E-state index contributed by atoms with van der Waals surface area (Å²) in [6, 6.07) is 0. The summed E-state index contributed by atoms with van der Waals surface area (Å²) >= 11 is 0. The molecule has 2 aliphatic heterocycles. The molecule has 4 aliphatic carbocycles. The number of cyclic esters (lactones) is 1. The Labute approximate surface area is 99.8 Å². The SMILES string of the molecule is O=C1OCC2C3CC(C12)C1C2CC(C4OC24)C31. The van der Waals surface area contributed by atoms with Crippen molar-refractivity contribution in [3.05, 3.63) is 0 Å². The maximum Gasteiger partial charge on any atom is 0.309 e. The molecule has 0 aromatic heterocycles. The van der Waals surface area contributed by atoms with Gasteiger partial charge in [-0.15, -0.1) is 0 Å². The van der Waals surface area contributed by atoms with Crippen molar-refractivity contribution >= 4 is 5.97 Å². The third kappa shape index (κ3) is 0.714. The summed E-state index contributed by atoms with van der Waals surface area (Å²) in [5.74, 6) is 5.79. The van der Waals surface area contributed by atoms with E-state index in [0.717, 1.165) is 36.2 Å². The Morgan fingerprint density at radius 1 is 0.882 bits per heavy atom. The molecule has 2 heterocycles. The molecule has 0 spiro atoms. The third-order valence-corrected chi connectivity index (χ3v) is 7.08. The number of carbonyl (C=O) groups is 1. The fourth-order valence-corrected chi connectivity index (χ4v) is 6.85. The molecule has 10 atom stereocenters. The van der Waals surface area contributed by atoms with Crippen LogP contribution in [-0.4, -0.2) is 24.8 Å². The normalized spacial score (nSPS) is 72.4. The van der Waals surface area contributed by atoms with Crippen molar-refractivity contribution in [2.24, 2.45) is 47.3 Å². The number of hydrogen-bond donors (Lipinski definition) is 0. The van der Waals surface area contributed by atoms with Gasteiger partial charge >= 0.3 is 5.97 Å². The molecule has 0 aromatic rings. The van der Waals surface area contributed by atoms with E-state index in [1.165, 1.54) is 12.8 Å². The van der Waals surface area contributed by atoms with Gasteiger partial charge in [-0.2, -0.15) is 0 Å². The molecule has 2 saturated heterocycles. The van der Waals surface area contributed by atoms with Crippen LogP contribution < -0.4 is 0 Å². The van der Waals surface area contributed by atoms with Crippen LogP contribution in [0.2, 0.25) is 0 Å². The zero-order valence-corrected chi connectivity index (χ0v) is 9.62. The van der Waals surface area contributed by atoms with Crippen LogP contribution in [-0.2, 0) is 14.3 Å². The van der Waals surface area contributed by atoms with Crippen molar-refractivity contribution in [3.8, 4) is 0 Å². The molecule has 4 bridgehead atoms. The molecule has 4 saturated carbocycles. The molecule has 10 unspecified atom stereocenters. The van der Waals surface area contributed by atoms with Crippen LogP contribution in [0, 0.1) is 47.3 Å². The molecule has 6 aliphatic rings. The minimum absolute atomic E-state index is 0.122. The lowest BCUT2D eigenvalue weighted by Crippen LogP contribution is -2.40. The first-order chi connectivity index (χ1) is 8.34. The predicted octanol–water partition coefficient (Wildman–Crippen LogP) is 1.07. The maximum atomic E-state index is 11.9. The zero-order chi connectivity index (χ0) is 10.9. The molecule has 0 aromatic carbocycles. The van der Waals surface area contributed by atoms with Gasteiger partial charge < -0.3 is 9.47 Å². The van der Waals surface area contributed by atoms with Crippen LogP contribution in [0.3, 0.4) is 0 Å². The van der Waals surface area contributed by atoms with Gasteiger partial charge in [-0.1, -0.05) is 0 Å². The average molecular weight is 232 g/mol. The van der Waals surface area contributed by atoms with E-state index in [2.05, 4.69) is 0 Å². The molecule has 6 fully saturated rings. The number of hydrogen-bond acceptors (Lipinski definition) is 3. The minimum atomic E-state index is 0.122. The van der Waals surface area contributed by atoms with E-state index in [4.69, 9.17) is 9.47 Å². The van der Waals surface area contributed by atoms with Gasteiger partial charge in [0.25, 0.3) is 0 Å². The van der Waals surface area contributed by atoms with E-state index in [0.29, 0.717) is 24.0 Å². The number of fused-ring (bicyclic) bond motifs is 15. The highest BCUT2D eigenvalue weighted by Crippen LogP contribution is 2.74. The third-order valence-electron chi connectivity index (χ3n) is 7.08. The molecule has 0 amide bonds. The molecule has 3 nitrogen and oxygen atoms in total. The van der Waals surface area contributed by atoms with E-state index >= 15 is 0 Å². The molecular weight excluding hydrogens is 216 g/mol. The Morgan fingerprint density at radius 2 is 1.59 bits per heavy atom. The molecule has 90 valence electrons. The number of carbonyl (C=O) groups excluding carboxylic acids is 1. The number of ether oxygens (including phenoxy) is 2. The van der Waals surface area contributed by atoms with Gasteiger partial charge in [0.15, 0.2) is 0 Å². The van der Waals surface area contributed by atoms with E-state index in [9.17, 15) is 4.79 Å². The Hall–Kier alpha value is -0.570. The van der Waals surface area contributed by atoms with Crippen LogP contribution in [0.1, 0.15) is 12.8 Å². The largest absolute Gasteiger partial charge is 0.465 e. The quantitative estimate of drug-likeness (QED) is 0.356. The van der Waals surface area contributed by atoms with Crippen molar-refractivity contribution in [1.82, 2.24) is 0 Å². The molecule has 3 heteroatoms. The highest BCUT2D eigenvalue weighted by molar-refractivity contribution is 5.76. The lowest BCUT2D eigenvalue weighted by Gasteiger charge is -2.37. The predicted molar refractivity (Wildman–Crippen MR) is 56.8 cm³/mol. The summed E-state index contributed by atoms with van der Waals surface area (Å²) in [7, 11) is 0. The van der Waals surface area contributed by atoms with Crippen molar-refractivity contribution in [1.29, 1.82) is 0 Å². The zero-order valence-electron chi connectivity index (χ0n) is 9.62. The Bertz CT molecular complexity index is 447. The van der Waals surface area contributed by atoms with Gasteiger partial charge in [0.05, 0.1) is 24.7 Å². The first-order valence-electron chi connectivity index (χ1n) is 7.16. The van der Waals surface area contributed by atoms with Crippen LogP contribution >= 0.6 is 0 Å². The van der Waals surface area contributed by atoms with Gasteiger partial charge in [-0.05, 0) is 48.3 Å². The first-order valence-corrected chi connectivity index (χ1v) is 7.16. The molecule has 0 radical (unpaired) electrons. The number of esters is 1. The summed E-state index contributed by atoms with van der Waals surface area (Å²) in [6.07, 6.45) is 3.95. The van der Waals surface area contributed by atoms with Gasteiger partial charge in [0.1, 0.15) is 0 Å². The van der Waals surface area contributed by atoms with Crippen molar-refractivity contribution in [2.45, 2.75) is 25.0 Å². The second kappa shape index (κ2) is 2.29. The molecule has 17 heavy (non-hydrogen) atoms. The standard InChI is InChI=1S/C14H16O3/c15-14-11-5-1-4(8(11)3-16-14)9-6-2-7(10(5)9)13-12(6)17-13/h4-13H,1-3H2. The van der Waals surface area contributed by atoms with Gasteiger partial charge in [0.2, 0.25) is 0 Å². The molecular formula is C14H16O3. The summed E-state index contributed by atoms with van der Waals surface area (Å²) < 4.78 is 11.2.